The van der Waals surface area contributed by atoms with Gasteiger partial charge in [0.1, 0.15) is 4.90 Å². The number of hydrogen-bond acceptors (Lipinski definition) is 3. The van der Waals surface area contributed by atoms with Crippen molar-refractivity contribution in [3.63, 3.8) is 0 Å². The van der Waals surface area contributed by atoms with Crippen LogP contribution in [0.25, 0.3) is 0 Å². The minimum absolute atomic E-state index is 0.00698. The first-order valence-corrected chi connectivity index (χ1v) is 13.2. The van der Waals surface area contributed by atoms with Crippen molar-refractivity contribution in [1.82, 2.24) is 9.62 Å². The average Bonchev–Trinajstić information content (AvgIpc) is 3.08. The summed E-state index contributed by atoms with van der Waals surface area (Å²) < 4.78 is 27.4. The summed E-state index contributed by atoms with van der Waals surface area (Å²) >= 11 is 12.0. The summed E-state index contributed by atoms with van der Waals surface area (Å²) in [6, 6.07) is 4.43. The zero-order valence-corrected chi connectivity index (χ0v) is 19.3. The van der Waals surface area contributed by atoms with Crippen LogP contribution in [0.5, 0.6) is 0 Å². The maximum atomic E-state index is 13.0. The van der Waals surface area contributed by atoms with E-state index in [1.807, 2.05) is 0 Å². The van der Waals surface area contributed by atoms with Crippen molar-refractivity contribution >= 4 is 39.1 Å². The molecule has 0 aromatic heterocycles. The van der Waals surface area contributed by atoms with Crippen molar-refractivity contribution in [2.75, 3.05) is 13.1 Å². The molecule has 8 heteroatoms. The number of nitrogens with zero attached hydrogens (tertiary/aromatic N) is 1. The molecule has 5 fully saturated rings. The van der Waals surface area contributed by atoms with Gasteiger partial charge in [0, 0.05) is 30.1 Å². The Hall–Kier alpha value is -0.820. The molecule has 164 valence electrons. The lowest BCUT2D eigenvalue weighted by Gasteiger charge is -2.57. The van der Waals surface area contributed by atoms with Gasteiger partial charge in [-0.1, -0.05) is 23.2 Å². The van der Waals surface area contributed by atoms with Crippen LogP contribution in [0, 0.1) is 23.7 Å². The van der Waals surface area contributed by atoms with E-state index in [1.165, 1.54) is 41.8 Å². The number of carbonyl (C=O) groups excluding carboxylic acids is 1. The highest BCUT2D eigenvalue weighted by Gasteiger charge is 2.51. The van der Waals surface area contributed by atoms with Crippen LogP contribution in [0.4, 0.5) is 0 Å². The molecule has 4 aliphatic carbocycles. The molecule has 6 rings (SSSR count). The number of hydrogen-bond donors (Lipinski definition) is 1. The van der Waals surface area contributed by atoms with Crippen molar-refractivity contribution in [3.8, 4) is 0 Å². The summed E-state index contributed by atoms with van der Waals surface area (Å²) in [5.41, 5.74) is 0.00698. The van der Waals surface area contributed by atoms with Crippen LogP contribution in [-0.4, -0.2) is 37.3 Å². The van der Waals surface area contributed by atoms with E-state index < -0.39 is 10.0 Å². The van der Waals surface area contributed by atoms with E-state index in [-0.39, 0.29) is 27.3 Å². The van der Waals surface area contributed by atoms with Crippen molar-refractivity contribution in [2.45, 2.75) is 61.8 Å². The van der Waals surface area contributed by atoms with Crippen molar-refractivity contribution < 1.29 is 13.2 Å². The molecule has 5 nitrogen and oxygen atoms in total. The molecule has 1 aromatic carbocycles. The van der Waals surface area contributed by atoms with Crippen LogP contribution in [0.3, 0.4) is 0 Å². The number of halogens is 2. The predicted octanol–water partition coefficient (Wildman–Crippen LogP) is 4.48. The van der Waals surface area contributed by atoms with Crippen LogP contribution in [0.1, 0.15) is 51.4 Å². The van der Waals surface area contributed by atoms with E-state index in [4.69, 9.17) is 23.2 Å². The van der Waals surface area contributed by atoms with E-state index in [2.05, 4.69) is 5.32 Å². The zero-order chi connectivity index (χ0) is 21.1. The second-order valence-electron chi connectivity index (χ2n) is 10.0. The number of rotatable bonds is 5. The topological polar surface area (TPSA) is 66.5 Å². The SMILES string of the molecule is O=C(CC1CCN(S(=O)(=O)c2ccc(Cl)cc2Cl)C1)NC12CC3CC(CC(C3)C1)C2. The van der Waals surface area contributed by atoms with Gasteiger partial charge in [-0.15, -0.1) is 0 Å². The van der Waals surface area contributed by atoms with Crippen molar-refractivity contribution in [3.05, 3.63) is 28.2 Å². The van der Waals surface area contributed by atoms with Crippen LogP contribution < -0.4 is 5.32 Å². The molecule has 5 aliphatic rings. The first-order valence-electron chi connectivity index (χ1n) is 11.0. The summed E-state index contributed by atoms with van der Waals surface area (Å²) in [7, 11) is -3.69. The third-order valence-corrected chi connectivity index (χ3v) is 10.3. The van der Waals surface area contributed by atoms with Crippen molar-refractivity contribution in [2.24, 2.45) is 23.7 Å². The number of amides is 1. The van der Waals surface area contributed by atoms with E-state index in [0.29, 0.717) is 31.0 Å². The highest BCUT2D eigenvalue weighted by Crippen LogP contribution is 2.55. The monoisotopic (exact) mass is 470 g/mol. The first kappa shape index (κ1) is 21.0. The quantitative estimate of drug-likeness (QED) is 0.689. The fraction of sp³-hybridized carbons (Fsp3) is 0.682. The molecule has 1 amide bonds. The molecule has 4 bridgehead atoms. The Morgan fingerprint density at radius 3 is 2.33 bits per heavy atom. The molecular formula is C22H28Cl2N2O3S. The van der Waals surface area contributed by atoms with Gasteiger partial charge in [-0.3, -0.25) is 4.79 Å². The molecule has 0 spiro atoms. The minimum atomic E-state index is -3.69. The zero-order valence-electron chi connectivity index (χ0n) is 16.9. The lowest BCUT2D eigenvalue weighted by atomic mass is 9.53. The maximum absolute atomic E-state index is 13.0. The average molecular weight is 471 g/mol. The molecule has 1 saturated heterocycles. The second-order valence-corrected chi connectivity index (χ2v) is 12.8. The summed E-state index contributed by atoms with van der Waals surface area (Å²) in [6.45, 7) is 0.770. The van der Waals surface area contributed by atoms with E-state index in [1.54, 1.807) is 0 Å². The molecule has 30 heavy (non-hydrogen) atoms. The smallest absolute Gasteiger partial charge is 0.244 e. The standard InChI is InChI=1S/C22H28Cl2N2O3S/c23-18-1-2-20(19(24)9-18)30(28,29)26-4-3-14(13-26)8-21(27)25-22-10-15-5-16(11-22)7-17(6-15)12-22/h1-2,9,14-17H,3-8,10-13H2,(H,25,27). The van der Waals surface area contributed by atoms with Gasteiger partial charge < -0.3 is 5.32 Å². The van der Waals surface area contributed by atoms with Crippen molar-refractivity contribution in [1.29, 1.82) is 0 Å². The lowest BCUT2D eigenvalue weighted by molar-refractivity contribution is -0.127. The Bertz CT molecular complexity index is 930. The number of nitrogens with one attached hydrogen (secondary N) is 1. The molecule has 0 radical (unpaired) electrons. The molecule has 1 unspecified atom stereocenters. The van der Waals surface area contributed by atoms with Gasteiger partial charge in [0.25, 0.3) is 0 Å². The van der Waals surface area contributed by atoms with Crippen LogP contribution >= 0.6 is 23.2 Å². The van der Waals surface area contributed by atoms with Gasteiger partial charge in [0.05, 0.1) is 5.02 Å². The Labute approximate surface area is 188 Å². The van der Waals surface area contributed by atoms with Gasteiger partial charge in [-0.25, -0.2) is 8.42 Å². The van der Waals surface area contributed by atoms with Gasteiger partial charge >= 0.3 is 0 Å². The number of benzene rings is 1. The Balaban J connectivity index is 1.21. The second kappa shape index (κ2) is 7.65. The summed E-state index contributed by atoms with van der Waals surface area (Å²) in [5, 5.41) is 3.94. The van der Waals surface area contributed by atoms with Gasteiger partial charge in [0.2, 0.25) is 15.9 Å². The number of sulfonamides is 1. The lowest BCUT2D eigenvalue weighted by Crippen LogP contribution is -2.60. The van der Waals surface area contributed by atoms with Gasteiger partial charge in [-0.2, -0.15) is 4.31 Å². The molecule has 1 heterocycles. The van der Waals surface area contributed by atoms with E-state index in [9.17, 15) is 13.2 Å². The van der Waals surface area contributed by atoms with Crippen LogP contribution in [0.2, 0.25) is 10.0 Å². The molecule has 1 atom stereocenters. The predicted molar refractivity (Wildman–Crippen MR) is 117 cm³/mol. The van der Waals surface area contributed by atoms with E-state index in [0.717, 1.165) is 37.0 Å². The highest BCUT2D eigenvalue weighted by atomic mass is 35.5. The third-order valence-electron chi connectivity index (χ3n) is 7.68. The largest absolute Gasteiger partial charge is 0.351 e. The highest BCUT2D eigenvalue weighted by molar-refractivity contribution is 7.89. The minimum Gasteiger partial charge on any atom is -0.351 e. The fourth-order valence-corrected chi connectivity index (χ4v) is 9.16. The Morgan fingerprint density at radius 2 is 1.73 bits per heavy atom. The van der Waals surface area contributed by atoms with Crippen LogP contribution in [-0.2, 0) is 14.8 Å². The molecule has 4 saturated carbocycles. The number of carbonyl (C=O) groups is 1. The summed E-state index contributed by atoms with van der Waals surface area (Å²) in [5.74, 6) is 2.49. The summed E-state index contributed by atoms with van der Waals surface area (Å²) in [6.07, 6.45) is 8.51. The fourth-order valence-electron chi connectivity index (χ4n) is 6.88. The Morgan fingerprint density at radius 1 is 1.10 bits per heavy atom. The molecule has 1 N–H and O–H groups in total. The first-order chi connectivity index (χ1) is 14.2. The summed E-state index contributed by atoms with van der Waals surface area (Å²) in [4.78, 5) is 13.0. The third kappa shape index (κ3) is 3.89. The van der Waals surface area contributed by atoms with E-state index >= 15 is 0 Å². The molecule has 1 aliphatic heterocycles. The maximum Gasteiger partial charge on any atom is 0.244 e. The van der Waals surface area contributed by atoms with Gasteiger partial charge in [0.15, 0.2) is 0 Å². The molecule has 1 aromatic rings. The van der Waals surface area contributed by atoms with Gasteiger partial charge in [-0.05, 0) is 86.8 Å². The molecular weight excluding hydrogens is 443 g/mol. The Kier molecular flexibility index (Phi) is 5.36. The van der Waals surface area contributed by atoms with Crippen LogP contribution in [0.15, 0.2) is 23.1 Å². The normalized spacial score (nSPS) is 35.7.